The number of imide groups is 1. The molecule has 2 aromatic heterocycles. The molecule has 0 spiro atoms. The molecule has 0 bridgehead atoms. The van der Waals surface area contributed by atoms with Gasteiger partial charge in [0.2, 0.25) is 23.5 Å². The van der Waals surface area contributed by atoms with Gasteiger partial charge in [0.05, 0.1) is 18.6 Å². The van der Waals surface area contributed by atoms with Crippen LogP contribution in [0.25, 0.3) is 17.3 Å². The van der Waals surface area contributed by atoms with Gasteiger partial charge in [0.15, 0.2) is 10.9 Å². The first-order chi connectivity index (χ1) is 14.6. The Morgan fingerprint density at radius 3 is 2.63 bits per heavy atom. The fourth-order valence-electron chi connectivity index (χ4n) is 3.14. The number of carbonyl (C=O) groups excluding carboxylic acids is 3. The van der Waals surface area contributed by atoms with E-state index in [4.69, 9.17) is 4.42 Å². The topological polar surface area (TPSA) is 110 Å². The molecule has 154 valence electrons. The Balaban J connectivity index is 1.44. The third kappa shape index (κ3) is 4.43. The molecule has 3 aromatic rings. The molecular formula is C20H19N5O4S. The van der Waals surface area contributed by atoms with Gasteiger partial charge in [0.1, 0.15) is 0 Å². The smallest absolute Gasteiger partial charge is 0.246 e. The summed E-state index contributed by atoms with van der Waals surface area (Å²) in [5.74, 6) is 0.0256. The van der Waals surface area contributed by atoms with Crippen molar-refractivity contribution in [2.45, 2.75) is 18.0 Å². The number of nitrogens with one attached hydrogen (secondary N) is 1. The summed E-state index contributed by atoms with van der Waals surface area (Å²) < 4.78 is 7.25. The molecule has 0 saturated carbocycles. The van der Waals surface area contributed by atoms with Crippen molar-refractivity contribution in [2.24, 2.45) is 0 Å². The Morgan fingerprint density at radius 1 is 1.10 bits per heavy atom. The highest BCUT2D eigenvalue weighted by Gasteiger charge is 2.23. The van der Waals surface area contributed by atoms with E-state index in [0.717, 1.165) is 23.9 Å². The number of hydrogen-bond donors (Lipinski definition) is 1. The maximum absolute atomic E-state index is 12.2. The van der Waals surface area contributed by atoms with Crippen LogP contribution in [0.15, 0.2) is 58.3 Å². The van der Waals surface area contributed by atoms with Gasteiger partial charge >= 0.3 is 0 Å². The Morgan fingerprint density at radius 2 is 1.93 bits per heavy atom. The van der Waals surface area contributed by atoms with E-state index in [-0.39, 0.29) is 18.2 Å². The number of rotatable bonds is 7. The van der Waals surface area contributed by atoms with E-state index in [9.17, 15) is 14.4 Å². The second-order valence-electron chi connectivity index (χ2n) is 6.63. The molecule has 0 unspecified atom stereocenters. The van der Waals surface area contributed by atoms with Crippen molar-refractivity contribution in [1.82, 2.24) is 25.0 Å². The van der Waals surface area contributed by atoms with Crippen LogP contribution in [-0.4, -0.2) is 56.2 Å². The summed E-state index contributed by atoms with van der Waals surface area (Å²) >= 11 is 1.16. The molecule has 30 heavy (non-hydrogen) atoms. The molecule has 0 aliphatic carbocycles. The highest BCUT2D eigenvalue weighted by atomic mass is 32.2. The number of furan rings is 1. The van der Waals surface area contributed by atoms with Crippen molar-refractivity contribution >= 4 is 29.5 Å². The van der Waals surface area contributed by atoms with E-state index in [0.29, 0.717) is 29.7 Å². The normalized spacial score (nSPS) is 13.6. The van der Waals surface area contributed by atoms with E-state index >= 15 is 0 Å². The minimum absolute atomic E-state index is 0.0250. The minimum atomic E-state index is -0.489. The number of nitrogens with zero attached hydrogens (tertiary/aromatic N) is 4. The highest BCUT2D eigenvalue weighted by Crippen LogP contribution is 2.28. The molecule has 1 fully saturated rings. The van der Waals surface area contributed by atoms with E-state index in [2.05, 4.69) is 15.5 Å². The third-order valence-electron chi connectivity index (χ3n) is 4.51. The molecule has 1 aliphatic rings. The minimum Gasteiger partial charge on any atom is -0.461 e. The third-order valence-corrected chi connectivity index (χ3v) is 5.44. The van der Waals surface area contributed by atoms with Crippen LogP contribution in [0.4, 0.5) is 0 Å². The summed E-state index contributed by atoms with van der Waals surface area (Å²) in [6.07, 6.45) is 2.74. The van der Waals surface area contributed by atoms with Crippen LogP contribution in [0.3, 0.4) is 0 Å². The number of likely N-dealkylation sites (tertiary alicyclic amines) is 1. The molecule has 9 nitrogen and oxygen atoms in total. The molecule has 10 heteroatoms. The average molecular weight is 425 g/mol. The number of hydrogen-bond acceptors (Lipinski definition) is 7. The second kappa shape index (κ2) is 8.95. The first kappa shape index (κ1) is 19.9. The molecule has 0 radical (unpaired) electrons. The molecule has 1 aliphatic heterocycles. The van der Waals surface area contributed by atoms with Gasteiger partial charge in [-0.15, -0.1) is 10.2 Å². The number of para-hydroxylation sites is 1. The average Bonchev–Trinajstić information content (AvgIpc) is 3.48. The van der Waals surface area contributed by atoms with Crippen LogP contribution >= 0.6 is 11.8 Å². The summed E-state index contributed by atoms with van der Waals surface area (Å²) in [6.45, 7) is 0.447. The number of thioether (sulfide) groups is 1. The monoisotopic (exact) mass is 425 g/mol. The summed E-state index contributed by atoms with van der Waals surface area (Å²) in [7, 11) is 0. The molecule has 1 N–H and O–H groups in total. The maximum atomic E-state index is 12.2. The van der Waals surface area contributed by atoms with Gasteiger partial charge in [-0.25, -0.2) is 0 Å². The summed E-state index contributed by atoms with van der Waals surface area (Å²) in [5, 5.41) is 11.2. The van der Waals surface area contributed by atoms with Gasteiger partial charge in [0.25, 0.3) is 0 Å². The highest BCUT2D eigenvalue weighted by molar-refractivity contribution is 7.99. The van der Waals surface area contributed by atoms with Crippen molar-refractivity contribution in [2.75, 3.05) is 18.8 Å². The second-order valence-corrected chi connectivity index (χ2v) is 7.58. The SMILES string of the molecule is O=C(CSc1nnc(-c2ccco2)n1-c1ccccc1)NC(=O)CN1CCCC1=O. The zero-order valence-corrected chi connectivity index (χ0v) is 16.8. The lowest BCUT2D eigenvalue weighted by Crippen LogP contribution is -2.41. The molecule has 1 aromatic carbocycles. The standard InChI is InChI=1S/C20H19N5O4S/c26-16(12-24-10-4-9-18(24)28)21-17(27)13-30-20-23-22-19(15-8-5-11-29-15)25(20)14-6-2-1-3-7-14/h1-3,5-8,11H,4,9-10,12-13H2,(H,21,26,27). The number of amides is 3. The lowest BCUT2D eigenvalue weighted by Gasteiger charge is -2.14. The van der Waals surface area contributed by atoms with Crippen LogP contribution in [0.5, 0.6) is 0 Å². The zero-order chi connectivity index (χ0) is 20.9. The van der Waals surface area contributed by atoms with Crippen LogP contribution in [-0.2, 0) is 14.4 Å². The van der Waals surface area contributed by atoms with E-state index in [1.807, 2.05) is 30.3 Å². The quantitative estimate of drug-likeness (QED) is 0.576. The maximum Gasteiger partial charge on any atom is 0.246 e. The first-order valence-electron chi connectivity index (χ1n) is 9.40. The van der Waals surface area contributed by atoms with Gasteiger partial charge in [0, 0.05) is 18.7 Å². The molecule has 3 heterocycles. The van der Waals surface area contributed by atoms with Gasteiger partial charge in [-0.3, -0.25) is 24.3 Å². The van der Waals surface area contributed by atoms with Gasteiger partial charge in [-0.05, 0) is 30.7 Å². The summed E-state index contributed by atoms with van der Waals surface area (Å²) in [5.41, 5.74) is 0.820. The number of carbonyl (C=O) groups is 3. The molecule has 1 saturated heterocycles. The van der Waals surface area contributed by atoms with Crippen LogP contribution in [0.2, 0.25) is 0 Å². The predicted molar refractivity (Wildman–Crippen MR) is 109 cm³/mol. The van der Waals surface area contributed by atoms with E-state index in [1.165, 1.54) is 4.90 Å². The lowest BCUT2D eigenvalue weighted by molar-refractivity contribution is -0.135. The fraction of sp³-hybridized carbons (Fsp3) is 0.250. The lowest BCUT2D eigenvalue weighted by atomic mass is 10.3. The van der Waals surface area contributed by atoms with E-state index < -0.39 is 11.8 Å². The van der Waals surface area contributed by atoms with E-state index in [1.54, 1.807) is 23.0 Å². The largest absolute Gasteiger partial charge is 0.461 e. The molecule has 3 amide bonds. The first-order valence-corrected chi connectivity index (χ1v) is 10.4. The Labute approximate surface area is 176 Å². The number of aromatic nitrogens is 3. The fourth-order valence-corrected chi connectivity index (χ4v) is 3.90. The molecule has 0 atom stereocenters. The van der Waals surface area contributed by atoms with Gasteiger partial charge in [-0.2, -0.15) is 0 Å². The van der Waals surface area contributed by atoms with Crippen molar-refractivity contribution in [3.8, 4) is 17.3 Å². The van der Waals surface area contributed by atoms with Gasteiger partial charge in [-0.1, -0.05) is 30.0 Å². The van der Waals surface area contributed by atoms with Crippen molar-refractivity contribution in [3.05, 3.63) is 48.7 Å². The zero-order valence-electron chi connectivity index (χ0n) is 16.0. The molecular weight excluding hydrogens is 406 g/mol. The molecule has 4 rings (SSSR count). The van der Waals surface area contributed by atoms with Crippen LogP contribution < -0.4 is 5.32 Å². The van der Waals surface area contributed by atoms with Crippen LogP contribution in [0, 0.1) is 0 Å². The van der Waals surface area contributed by atoms with Gasteiger partial charge < -0.3 is 9.32 Å². The van der Waals surface area contributed by atoms with Crippen molar-refractivity contribution < 1.29 is 18.8 Å². The Bertz CT molecular complexity index is 1050. The van der Waals surface area contributed by atoms with Crippen LogP contribution in [0.1, 0.15) is 12.8 Å². The Hall–Kier alpha value is -3.40. The Kier molecular flexibility index (Phi) is 5.94. The number of benzene rings is 1. The predicted octanol–water partition coefficient (Wildman–Crippen LogP) is 1.88. The van der Waals surface area contributed by atoms with Crippen molar-refractivity contribution in [1.29, 1.82) is 0 Å². The van der Waals surface area contributed by atoms with Crippen molar-refractivity contribution in [3.63, 3.8) is 0 Å². The summed E-state index contributed by atoms with van der Waals surface area (Å²) in [4.78, 5) is 37.3. The summed E-state index contributed by atoms with van der Waals surface area (Å²) in [6, 6.07) is 13.0.